The zero-order valence-electron chi connectivity index (χ0n) is 9.47. The zero-order chi connectivity index (χ0) is 11.8. The number of anilines is 2. The van der Waals surface area contributed by atoms with Gasteiger partial charge in [-0.05, 0) is 18.9 Å². The van der Waals surface area contributed by atoms with Crippen molar-refractivity contribution in [1.82, 2.24) is 15.3 Å². The number of nitrogens with two attached hydrogens (primary N) is 1. The molecule has 1 aromatic heterocycles. The van der Waals surface area contributed by atoms with Crippen LogP contribution in [0.3, 0.4) is 0 Å². The van der Waals surface area contributed by atoms with E-state index in [0.717, 1.165) is 19.4 Å². The number of nitrogens with one attached hydrogen (secondary N) is 1. The second-order valence-electron chi connectivity index (χ2n) is 4.54. The fourth-order valence-electron chi connectivity index (χ4n) is 2.70. The first-order valence-corrected chi connectivity index (χ1v) is 5.88. The monoisotopic (exact) mass is 233 g/mol. The molecule has 6 heteroatoms. The molecule has 6 nitrogen and oxygen atoms in total. The van der Waals surface area contributed by atoms with E-state index in [9.17, 15) is 4.79 Å². The van der Waals surface area contributed by atoms with E-state index in [1.165, 1.54) is 0 Å². The van der Waals surface area contributed by atoms with Gasteiger partial charge in [-0.3, -0.25) is 4.79 Å². The van der Waals surface area contributed by atoms with Gasteiger partial charge in [-0.15, -0.1) is 0 Å². The molecule has 2 fully saturated rings. The van der Waals surface area contributed by atoms with Crippen molar-refractivity contribution in [2.24, 2.45) is 5.92 Å². The number of carbonyl (C=O) groups excluding carboxylic acids is 1. The van der Waals surface area contributed by atoms with Gasteiger partial charge in [0.05, 0.1) is 12.0 Å². The Bertz CT molecular complexity index is 449. The molecule has 0 aromatic carbocycles. The van der Waals surface area contributed by atoms with Gasteiger partial charge < -0.3 is 16.0 Å². The molecule has 90 valence electrons. The van der Waals surface area contributed by atoms with Gasteiger partial charge in [-0.1, -0.05) is 0 Å². The molecule has 0 radical (unpaired) electrons. The summed E-state index contributed by atoms with van der Waals surface area (Å²) in [5.41, 5.74) is 5.67. The Labute approximate surface area is 99.2 Å². The molecule has 2 unspecified atom stereocenters. The SMILES string of the molecule is Nc1ccnc(N2CCCC3C(=O)NCC32)n1. The van der Waals surface area contributed by atoms with Crippen molar-refractivity contribution in [2.75, 3.05) is 23.7 Å². The molecular formula is C11H15N5O. The van der Waals surface area contributed by atoms with Crippen LogP contribution in [0.1, 0.15) is 12.8 Å². The number of hydrogen-bond acceptors (Lipinski definition) is 5. The highest BCUT2D eigenvalue weighted by Gasteiger charge is 2.41. The first-order valence-electron chi connectivity index (χ1n) is 5.88. The van der Waals surface area contributed by atoms with E-state index >= 15 is 0 Å². The lowest BCUT2D eigenvalue weighted by Gasteiger charge is -2.35. The van der Waals surface area contributed by atoms with Crippen molar-refractivity contribution in [2.45, 2.75) is 18.9 Å². The van der Waals surface area contributed by atoms with Gasteiger partial charge in [-0.2, -0.15) is 4.98 Å². The summed E-state index contributed by atoms with van der Waals surface area (Å²) in [7, 11) is 0. The first kappa shape index (κ1) is 10.3. The number of amides is 1. The van der Waals surface area contributed by atoms with Gasteiger partial charge in [0.25, 0.3) is 0 Å². The Kier molecular flexibility index (Phi) is 2.35. The van der Waals surface area contributed by atoms with Crippen LogP contribution in [0.2, 0.25) is 0 Å². The second kappa shape index (κ2) is 3.87. The number of aromatic nitrogens is 2. The molecule has 3 heterocycles. The number of nitrogen functional groups attached to an aromatic ring is 1. The van der Waals surface area contributed by atoms with Gasteiger partial charge in [-0.25, -0.2) is 4.98 Å². The molecule has 2 aliphatic heterocycles. The van der Waals surface area contributed by atoms with Crippen molar-refractivity contribution < 1.29 is 4.79 Å². The van der Waals surface area contributed by atoms with Crippen LogP contribution in [-0.2, 0) is 4.79 Å². The fraction of sp³-hybridized carbons (Fsp3) is 0.545. The summed E-state index contributed by atoms with van der Waals surface area (Å²) in [6, 6.07) is 1.85. The molecule has 3 N–H and O–H groups in total. The Morgan fingerprint density at radius 2 is 2.41 bits per heavy atom. The molecule has 0 spiro atoms. The quantitative estimate of drug-likeness (QED) is 0.700. The summed E-state index contributed by atoms with van der Waals surface area (Å²) in [4.78, 5) is 22.2. The number of rotatable bonds is 1. The highest BCUT2D eigenvalue weighted by Crippen LogP contribution is 2.29. The van der Waals surface area contributed by atoms with Crippen LogP contribution >= 0.6 is 0 Å². The molecule has 0 aliphatic carbocycles. The van der Waals surface area contributed by atoms with Crippen molar-refractivity contribution in [1.29, 1.82) is 0 Å². The Morgan fingerprint density at radius 1 is 1.53 bits per heavy atom. The largest absolute Gasteiger partial charge is 0.384 e. The molecule has 0 saturated carbocycles. The van der Waals surface area contributed by atoms with Crippen LogP contribution in [-0.4, -0.2) is 35.0 Å². The lowest BCUT2D eigenvalue weighted by molar-refractivity contribution is -0.122. The standard InChI is InChI=1S/C11H15N5O/c12-9-3-4-13-11(15-9)16-5-1-2-7-8(16)6-14-10(7)17/h3-4,7-8H,1-2,5-6H2,(H,14,17)(H2,12,13,15). The van der Waals surface area contributed by atoms with Crippen LogP contribution in [0.25, 0.3) is 0 Å². The van der Waals surface area contributed by atoms with Crippen LogP contribution in [0.5, 0.6) is 0 Å². The molecule has 17 heavy (non-hydrogen) atoms. The maximum absolute atomic E-state index is 11.6. The van der Waals surface area contributed by atoms with E-state index in [1.54, 1.807) is 12.3 Å². The number of fused-ring (bicyclic) bond motifs is 1. The number of carbonyl (C=O) groups is 1. The van der Waals surface area contributed by atoms with Crippen LogP contribution in [0.15, 0.2) is 12.3 Å². The van der Waals surface area contributed by atoms with Gasteiger partial charge in [0.15, 0.2) is 0 Å². The minimum atomic E-state index is 0.0776. The van der Waals surface area contributed by atoms with E-state index in [-0.39, 0.29) is 17.9 Å². The molecular weight excluding hydrogens is 218 g/mol. The summed E-state index contributed by atoms with van der Waals surface area (Å²) < 4.78 is 0. The van der Waals surface area contributed by atoms with Gasteiger partial charge >= 0.3 is 0 Å². The number of piperidine rings is 1. The van der Waals surface area contributed by atoms with E-state index in [4.69, 9.17) is 5.73 Å². The lowest BCUT2D eigenvalue weighted by atomic mass is 9.92. The smallest absolute Gasteiger partial charge is 0.227 e. The van der Waals surface area contributed by atoms with Crippen molar-refractivity contribution in [3.63, 3.8) is 0 Å². The summed E-state index contributed by atoms with van der Waals surface area (Å²) in [5.74, 6) is 1.34. The normalized spacial score (nSPS) is 27.8. The predicted octanol–water partition coefficient (Wildman–Crippen LogP) is -0.226. The third kappa shape index (κ3) is 1.69. The lowest BCUT2D eigenvalue weighted by Crippen LogP contribution is -2.46. The number of nitrogens with zero attached hydrogens (tertiary/aromatic N) is 3. The van der Waals surface area contributed by atoms with E-state index < -0.39 is 0 Å². The Hall–Kier alpha value is -1.85. The number of hydrogen-bond donors (Lipinski definition) is 2. The second-order valence-corrected chi connectivity index (χ2v) is 4.54. The summed E-state index contributed by atoms with van der Waals surface area (Å²) in [5, 5.41) is 2.91. The van der Waals surface area contributed by atoms with E-state index in [1.807, 2.05) is 0 Å². The van der Waals surface area contributed by atoms with Crippen molar-refractivity contribution >= 4 is 17.7 Å². The maximum Gasteiger partial charge on any atom is 0.227 e. The maximum atomic E-state index is 11.6. The molecule has 2 saturated heterocycles. The fourth-order valence-corrected chi connectivity index (χ4v) is 2.70. The highest BCUT2D eigenvalue weighted by molar-refractivity contribution is 5.82. The minimum absolute atomic E-state index is 0.0776. The predicted molar refractivity (Wildman–Crippen MR) is 63.3 cm³/mol. The average Bonchev–Trinajstić information content (AvgIpc) is 2.71. The minimum Gasteiger partial charge on any atom is -0.384 e. The van der Waals surface area contributed by atoms with Crippen molar-refractivity contribution in [3.8, 4) is 0 Å². The Balaban J connectivity index is 1.90. The zero-order valence-corrected chi connectivity index (χ0v) is 9.47. The summed E-state index contributed by atoms with van der Waals surface area (Å²) in [6.45, 7) is 1.57. The Morgan fingerprint density at radius 3 is 3.24 bits per heavy atom. The molecule has 0 bridgehead atoms. The topological polar surface area (TPSA) is 84.1 Å². The van der Waals surface area contributed by atoms with E-state index in [0.29, 0.717) is 18.3 Å². The molecule has 1 amide bonds. The molecule has 1 aromatic rings. The first-order chi connectivity index (χ1) is 8.25. The van der Waals surface area contributed by atoms with Crippen molar-refractivity contribution in [3.05, 3.63) is 12.3 Å². The highest BCUT2D eigenvalue weighted by atomic mass is 16.2. The van der Waals surface area contributed by atoms with Crippen LogP contribution in [0.4, 0.5) is 11.8 Å². The van der Waals surface area contributed by atoms with E-state index in [2.05, 4.69) is 20.2 Å². The van der Waals surface area contributed by atoms with Gasteiger partial charge in [0.2, 0.25) is 11.9 Å². The average molecular weight is 233 g/mol. The van der Waals surface area contributed by atoms with Crippen LogP contribution in [0, 0.1) is 5.92 Å². The summed E-state index contributed by atoms with van der Waals surface area (Å²) in [6.07, 6.45) is 3.60. The molecule has 2 atom stereocenters. The van der Waals surface area contributed by atoms with Crippen LogP contribution < -0.4 is 16.0 Å². The summed E-state index contributed by atoms with van der Waals surface area (Å²) >= 11 is 0. The molecule has 2 aliphatic rings. The molecule has 3 rings (SSSR count). The van der Waals surface area contributed by atoms with Gasteiger partial charge in [0, 0.05) is 19.3 Å². The third-order valence-corrected chi connectivity index (χ3v) is 3.52. The van der Waals surface area contributed by atoms with Gasteiger partial charge in [0.1, 0.15) is 5.82 Å². The third-order valence-electron chi connectivity index (χ3n) is 3.52.